The number of para-hydroxylation sites is 1. The fourth-order valence-electron chi connectivity index (χ4n) is 2.79. The molecule has 3 rings (SSSR count). The molecular weight excluding hydrogens is 352 g/mol. The van der Waals surface area contributed by atoms with Crippen molar-refractivity contribution in [2.45, 2.75) is 13.8 Å². The van der Waals surface area contributed by atoms with Crippen LogP contribution in [0.25, 0.3) is 0 Å². The summed E-state index contributed by atoms with van der Waals surface area (Å²) in [7, 11) is 1.56. The van der Waals surface area contributed by atoms with Crippen molar-refractivity contribution in [3.8, 4) is 5.75 Å². The van der Waals surface area contributed by atoms with Gasteiger partial charge in [-0.2, -0.15) is 0 Å². The van der Waals surface area contributed by atoms with Crippen molar-refractivity contribution in [2.24, 2.45) is 0 Å². The van der Waals surface area contributed by atoms with E-state index in [0.717, 1.165) is 16.8 Å². The van der Waals surface area contributed by atoms with Gasteiger partial charge in [0.15, 0.2) is 0 Å². The van der Waals surface area contributed by atoms with Gasteiger partial charge < -0.3 is 15.4 Å². The fraction of sp³-hybridized carbons (Fsp3) is 0.130. The predicted octanol–water partition coefficient (Wildman–Crippen LogP) is 4.82. The SMILES string of the molecule is COc1ccc(C)cc1NC(=O)c1ccc(C(=O)Nc2ccccc2C)cc1. The summed E-state index contributed by atoms with van der Waals surface area (Å²) in [5.74, 6) is 0.101. The first-order valence-corrected chi connectivity index (χ1v) is 8.91. The summed E-state index contributed by atoms with van der Waals surface area (Å²) < 4.78 is 5.29. The number of anilines is 2. The van der Waals surface area contributed by atoms with E-state index in [1.165, 1.54) is 0 Å². The van der Waals surface area contributed by atoms with E-state index in [4.69, 9.17) is 4.74 Å². The summed E-state index contributed by atoms with van der Waals surface area (Å²) in [5.41, 5.74) is 4.30. The van der Waals surface area contributed by atoms with Crippen molar-refractivity contribution in [3.05, 3.63) is 89.0 Å². The lowest BCUT2D eigenvalue weighted by Crippen LogP contribution is -2.15. The number of aryl methyl sites for hydroxylation is 2. The van der Waals surface area contributed by atoms with Crippen LogP contribution in [-0.2, 0) is 0 Å². The second-order valence-electron chi connectivity index (χ2n) is 6.50. The van der Waals surface area contributed by atoms with Gasteiger partial charge in [-0.05, 0) is 67.4 Å². The molecule has 0 atom stereocenters. The van der Waals surface area contributed by atoms with Crippen LogP contribution in [0.2, 0.25) is 0 Å². The second-order valence-corrected chi connectivity index (χ2v) is 6.50. The van der Waals surface area contributed by atoms with Crippen LogP contribution >= 0.6 is 0 Å². The summed E-state index contributed by atoms with van der Waals surface area (Å²) in [4.78, 5) is 25.0. The third-order valence-corrected chi connectivity index (χ3v) is 4.41. The molecule has 0 bridgehead atoms. The summed E-state index contributed by atoms with van der Waals surface area (Å²) in [5, 5.41) is 5.73. The highest BCUT2D eigenvalue weighted by atomic mass is 16.5. The molecule has 0 saturated heterocycles. The molecule has 5 heteroatoms. The summed E-state index contributed by atoms with van der Waals surface area (Å²) in [6.45, 7) is 3.87. The van der Waals surface area contributed by atoms with Gasteiger partial charge in [0.1, 0.15) is 5.75 Å². The van der Waals surface area contributed by atoms with E-state index in [1.54, 1.807) is 31.4 Å². The molecule has 0 aliphatic heterocycles. The van der Waals surface area contributed by atoms with Gasteiger partial charge in [0.25, 0.3) is 11.8 Å². The molecule has 0 radical (unpaired) electrons. The minimum absolute atomic E-state index is 0.221. The normalized spacial score (nSPS) is 10.2. The fourth-order valence-corrected chi connectivity index (χ4v) is 2.79. The van der Waals surface area contributed by atoms with Crippen LogP contribution in [0.3, 0.4) is 0 Å². The first kappa shape index (κ1) is 19.2. The summed E-state index contributed by atoms with van der Waals surface area (Å²) >= 11 is 0. The Labute approximate surface area is 164 Å². The highest BCUT2D eigenvalue weighted by Gasteiger charge is 2.12. The lowest BCUT2D eigenvalue weighted by molar-refractivity contribution is 0.101. The van der Waals surface area contributed by atoms with E-state index in [9.17, 15) is 9.59 Å². The van der Waals surface area contributed by atoms with Gasteiger partial charge in [0, 0.05) is 16.8 Å². The monoisotopic (exact) mass is 374 g/mol. The molecule has 0 spiro atoms. The highest BCUT2D eigenvalue weighted by molar-refractivity contribution is 6.07. The van der Waals surface area contributed by atoms with Crippen LogP contribution < -0.4 is 15.4 Å². The molecule has 0 saturated carbocycles. The van der Waals surface area contributed by atoms with E-state index in [-0.39, 0.29) is 11.8 Å². The minimum Gasteiger partial charge on any atom is -0.495 e. The Bertz CT molecular complexity index is 1010. The molecule has 0 aliphatic rings. The Hall–Kier alpha value is -3.60. The van der Waals surface area contributed by atoms with Crippen LogP contribution in [0.1, 0.15) is 31.8 Å². The molecule has 142 valence electrons. The number of carbonyl (C=O) groups excluding carboxylic acids is 2. The molecule has 2 N–H and O–H groups in total. The summed E-state index contributed by atoms with van der Waals surface area (Å²) in [6, 6.07) is 19.7. The predicted molar refractivity (Wildman–Crippen MR) is 111 cm³/mol. The van der Waals surface area contributed by atoms with Crippen LogP contribution in [0.15, 0.2) is 66.7 Å². The zero-order chi connectivity index (χ0) is 20.1. The second kappa shape index (κ2) is 8.39. The van der Waals surface area contributed by atoms with Crippen molar-refractivity contribution in [2.75, 3.05) is 17.7 Å². The Morgan fingerprint density at radius 2 is 1.32 bits per heavy atom. The van der Waals surface area contributed by atoms with Gasteiger partial charge in [0.2, 0.25) is 0 Å². The number of hydrogen-bond donors (Lipinski definition) is 2. The number of rotatable bonds is 5. The van der Waals surface area contributed by atoms with E-state index in [0.29, 0.717) is 22.6 Å². The lowest BCUT2D eigenvalue weighted by Gasteiger charge is -2.11. The van der Waals surface area contributed by atoms with Crippen molar-refractivity contribution in [1.82, 2.24) is 0 Å². The van der Waals surface area contributed by atoms with E-state index in [2.05, 4.69) is 10.6 Å². The third-order valence-electron chi connectivity index (χ3n) is 4.41. The van der Waals surface area contributed by atoms with Crippen molar-refractivity contribution >= 4 is 23.2 Å². The van der Waals surface area contributed by atoms with Crippen LogP contribution in [0, 0.1) is 13.8 Å². The Morgan fingerprint density at radius 1 is 0.750 bits per heavy atom. The number of nitrogens with one attached hydrogen (secondary N) is 2. The molecule has 0 aliphatic carbocycles. The zero-order valence-corrected chi connectivity index (χ0v) is 16.1. The number of ether oxygens (including phenoxy) is 1. The molecule has 0 aromatic heterocycles. The van der Waals surface area contributed by atoms with Gasteiger partial charge in [-0.3, -0.25) is 9.59 Å². The topological polar surface area (TPSA) is 67.4 Å². The standard InChI is InChI=1S/C23H22N2O3/c1-15-8-13-21(28-3)20(14-15)25-23(27)18-11-9-17(10-12-18)22(26)24-19-7-5-4-6-16(19)2/h4-14H,1-3H3,(H,24,26)(H,25,27). The zero-order valence-electron chi connectivity index (χ0n) is 16.1. The van der Waals surface area contributed by atoms with E-state index < -0.39 is 0 Å². The number of amides is 2. The first-order chi connectivity index (χ1) is 13.5. The Kier molecular flexibility index (Phi) is 5.75. The molecule has 5 nitrogen and oxygen atoms in total. The molecule has 0 heterocycles. The molecule has 0 unspecified atom stereocenters. The van der Waals surface area contributed by atoms with Gasteiger partial charge in [-0.25, -0.2) is 0 Å². The van der Waals surface area contributed by atoms with Crippen molar-refractivity contribution in [1.29, 1.82) is 0 Å². The van der Waals surface area contributed by atoms with Gasteiger partial charge in [-0.15, -0.1) is 0 Å². The molecule has 28 heavy (non-hydrogen) atoms. The van der Waals surface area contributed by atoms with E-state index in [1.807, 2.05) is 56.3 Å². The molecular formula is C23H22N2O3. The molecule has 0 fully saturated rings. The highest BCUT2D eigenvalue weighted by Crippen LogP contribution is 2.25. The maximum Gasteiger partial charge on any atom is 0.255 e. The quantitative estimate of drug-likeness (QED) is 0.673. The van der Waals surface area contributed by atoms with Crippen LogP contribution in [0.5, 0.6) is 5.75 Å². The third kappa shape index (κ3) is 4.38. The molecule has 3 aromatic rings. The average molecular weight is 374 g/mol. The first-order valence-electron chi connectivity index (χ1n) is 8.91. The smallest absolute Gasteiger partial charge is 0.255 e. The molecule has 2 amide bonds. The largest absolute Gasteiger partial charge is 0.495 e. The minimum atomic E-state index is -0.269. The van der Waals surface area contributed by atoms with E-state index >= 15 is 0 Å². The number of benzene rings is 3. The molecule has 3 aromatic carbocycles. The summed E-state index contributed by atoms with van der Waals surface area (Å²) in [6.07, 6.45) is 0. The maximum absolute atomic E-state index is 12.5. The number of methoxy groups -OCH3 is 1. The van der Waals surface area contributed by atoms with Gasteiger partial charge in [-0.1, -0.05) is 24.3 Å². The average Bonchev–Trinajstić information content (AvgIpc) is 2.70. The maximum atomic E-state index is 12.5. The number of carbonyl (C=O) groups is 2. The lowest BCUT2D eigenvalue weighted by atomic mass is 10.1. The van der Waals surface area contributed by atoms with Crippen molar-refractivity contribution in [3.63, 3.8) is 0 Å². The number of hydrogen-bond acceptors (Lipinski definition) is 3. The Morgan fingerprint density at radius 3 is 1.89 bits per heavy atom. The Balaban J connectivity index is 1.72. The van der Waals surface area contributed by atoms with Gasteiger partial charge >= 0.3 is 0 Å². The van der Waals surface area contributed by atoms with Crippen LogP contribution in [0.4, 0.5) is 11.4 Å². The van der Waals surface area contributed by atoms with Crippen LogP contribution in [-0.4, -0.2) is 18.9 Å². The van der Waals surface area contributed by atoms with Crippen molar-refractivity contribution < 1.29 is 14.3 Å². The van der Waals surface area contributed by atoms with Gasteiger partial charge in [0.05, 0.1) is 12.8 Å².